The van der Waals surface area contributed by atoms with E-state index in [1.54, 1.807) is 12.4 Å². The van der Waals surface area contributed by atoms with Crippen LogP contribution in [0.3, 0.4) is 0 Å². The van der Waals surface area contributed by atoms with E-state index in [0.717, 1.165) is 35.9 Å². The molecule has 4 rings (SSSR count). The number of hydrogen-bond acceptors (Lipinski definition) is 6. The number of nitrogens with zero attached hydrogens (tertiary/aromatic N) is 5. The van der Waals surface area contributed by atoms with Gasteiger partial charge in [-0.05, 0) is 39.2 Å². The Labute approximate surface area is 127 Å². The second kappa shape index (κ2) is 4.61. The number of rotatable bonds is 3. The summed E-state index contributed by atoms with van der Waals surface area (Å²) in [6.07, 6.45) is 6.47. The maximum atomic E-state index is 6.23. The molecule has 0 radical (unpaired) electrons. The Morgan fingerprint density at radius 1 is 1.32 bits per heavy atom. The molecule has 7 nitrogen and oxygen atoms in total. The van der Waals surface area contributed by atoms with Gasteiger partial charge in [0.25, 0.3) is 5.89 Å². The number of nitrogens with two attached hydrogens (primary N) is 1. The Balaban J connectivity index is 1.72. The lowest BCUT2D eigenvalue weighted by molar-refractivity contribution is 0.229. The number of fused-ring (bicyclic) bond motifs is 1. The van der Waals surface area contributed by atoms with E-state index in [9.17, 15) is 0 Å². The zero-order chi connectivity index (χ0) is 15.3. The fourth-order valence-corrected chi connectivity index (χ4v) is 2.76. The molecule has 3 aromatic rings. The molecule has 0 saturated heterocycles. The lowest BCUT2D eigenvalue weighted by Gasteiger charge is -2.34. The average molecular weight is 298 g/mol. The second-order valence-electron chi connectivity index (χ2n) is 6.25. The minimum Gasteiger partial charge on any atom is -0.334 e. The third-order valence-electron chi connectivity index (χ3n) is 4.29. The van der Waals surface area contributed by atoms with Crippen molar-refractivity contribution >= 4 is 11.0 Å². The summed E-state index contributed by atoms with van der Waals surface area (Å²) in [5.74, 6) is 1.05. The molecule has 1 aliphatic rings. The lowest BCUT2D eigenvalue weighted by Crippen LogP contribution is -2.44. The smallest absolute Gasteiger partial charge is 0.259 e. The number of pyridine rings is 1. The van der Waals surface area contributed by atoms with Crippen LogP contribution in [0.1, 0.15) is 45.0 Å². The van der Waals surface area contributed by atoms with E-state index in [4.69, 9.17) is 10.3 Å². The van der Waals surface area contributed by atoms with Crippen molar-refractivity contribution in [3.63, 3.8) is 0 Å². The van der Waals surface area contributed by atoms with E-state index in [1.165, 1.54) is 0 Å². The van der Waals surface area contributed by atoms with E-state index in [0.29, 0.717) is 11.7 Å². The van der Waals surface area contributed by atoms with Gasteiger partial charge in [0.1, 0.15) is 0 Å². The Hall–Kier alpha value is -2.28. The van der Waals surface area contributed by atoms with E-state index >= 15 is 0 Å². The first-order valence-electron chi connectivity index (χ1n) is 7.53. The van der Waals surface area contributed by atoms with Gasteiger partial charge >= 0.3 is 0 Å². The van der Waals surface area contributed by atoms with Gasteiger partial charge in [-0.25, -0.2) is 9.67 Å². The normalized spacial score (nSPS) is 17.1. The maximum Gasteiger partial charge on any atom is 0.259 e. The number of hydrogen-bond donors (Lipinski definition) is 1. The third-order valence-corrected chi connectivity index (χ3v) is 4.29. The molecular weight excluding hydrogens is 280 g/mol. The highest BCUT2D eigenvalue weighted by Crippen LogP contribution is 2.37. The summed E-state index contributed by atoms with van der Waals surface area (Å²) in [6.45, 7) is 4.15. The maximum absolute atomic E-state index is 6.23. The van der Waals surface area contributed by atoms with Crippen molar-refractivity contribution in [2.24, 2.45) is 5.73 Å². The van der Waals surface area contributed by atoms with Crippen LogP contribution in [0.5, 0.6) is 0 Å². The molecule has 7 heteroatoms. The molecule has 0 aliphatic heterocycles. The van der Waals surface area contributed by atoms with Gasteiger partial charge in [-0.1, -0.05) is 5.16 Å². The molecule has 0 spiro atoms. The molecule has 1 aliphatic carbocycles. The summed E-state index contributed by atoms with van der Waals surface area (Å²) in [5, 5.41) is 9.36. The monoisotopic (exact) mass is 298 g/mol. The first-order valence-corrected chi connectivity index (χ1v) is 7.53. The number of aromatic nitrogens is 5. The van der Waals surface area contributed by atoms with Crippen molar-refractivity contribution in [1.29, 1.82) is 0 Å². The van der Waals surface area contributed by atoms with Crippen LogP contribution in [0.4, 0.5) is 0 Å². The minimum absolute atomic E-state index is 0.265. The molecular formula is C15H18N6O. The van der Waals surface area contributed by atoms with Crippen molar-refractivity contribution in [3.8, 4) is 11.5 Å². The van der Waals surface area contributed by atoms with Gasteiger partial charge in [-0.3, -0.25) is 0 Å². The van der Waals surface area contributed by atoms with Crippen molar-refractivity contribution < 1.29 is 4.52 Å². The van der Waals surface area contributed by atoms with Crippen LogP contribution < -0.4 is 5.73 Å². The molecule has 22 heavy (non-hydrogen) atoms. The SMILES string of the molecule is CC(C)n1ncc2cc(-c3nc(C4(N)CCC4)no3)cnc21. The Morgan fingerprint density at radius 3 is 2.82 bits per heavy atom. The molecule has 2 N–H and O–H groups in total. The minimum atomic E-state index is -0.415. The molecule has 0 bridgehead atoms. The van der Waals surface area contributed by atoms with Gasteiger partial charge < -0.3 is 10.3 Å². The molecule has 0 amide bonds. The molecule has 114 valence electrons. The second-order valence-corrected chi connectivity index (χ2v) is 6.25. The van der Waals surface area contributed by atoms with E-state index in [-0.39, 0.29) is 6.04 Å². The quantitative estimate of drug-likeness (QED) is 0.797. The highest BCUT2D eigenvalue weighted by atomic mass is 16.5. The van der Waals surface area contributed by atoms with Gasteiger partial charge in [0.05, 0.1) is 17.3 Å². The first-order chi connectivity index (χ1) is 10.6. The van der Waals surface area contributed by atoms with Crippen LogP contribution in [-0.2, 0) is 5.54 Å². The zero-order valence-corrected chi connectivity index (χ0v) is 12.7. The molecule has 0 aromatic carbocycles. The topological polar surface area (TPSA) is 95.7 Å². The summed E-state index contributed by atoms with van der Waals surface area (Å²) in [7, 11) is 0. The predicted octanol–water partition coefficient (Wildman–Crippen LogP) is 2.40. The average Bonchev–Trinajstić information content (AvgIpc) is 3.10. The van der Waals surface area contributed by atoms with Crippen molar-refractivity contribution in [3.05, 3.63) is 24.3 Å². The van der Waals surface area contributed by atoms with Crippen molar-refractivity contribution in [2.45, 2.75) is 44.7 Å². The van der Waals surface area contributed by atoms with Crippen molar-refractivity contribution in [2.75, 3.05) is 0 Å². The predicted molar refractivity (Wildman–Crippen MR) is 80.9 cm³/mol. The van der Waals surface area contributed by atoms with Gasteiger partial charge in [0.15, 0.2) is 11.5 Å². The van der Waals surface area contributed by atoms with Crippen molar-refractivity contribution in [1.82, 2.24) is 24.9 Å². The Bertz CT molecular complexity index is 830. The Kier molecular flexibility index (Phi) is 2.80. The van der Waals surface area contributed by atoms with E-state index < -0.39 is 5.54 Å². The summed E-state index contributed by atoms with van der Waals surface area (Å²) >= 11 is 0. The summed E-state index contributed by atoms with van der Waals surface area (Å²) in [6, 6.07) is 2.23. The molecule has 1 saturated carbocycles. The highest BCUT2D eigenvalue weighted by molar-refractivity contribution is 5.79. The molecule has 0 atom stereocenters. The van der Waals surface area contributed by atoms with E-state index in [1.807, 2.05) is 10.7 Å². The van der Waals surface area contributed by atoms with Crippen LogP contribution in [-0.4, -0.2) is 24.9 Å². The highest BCUT2D eigenvalue weighted by Gasteiger charge is 2.39. The summed E-state index contributed by atoms with van der Waals surface area (Å²) in [5.41, 5.74) is 7.46. The molecule has 1 fully saturated rings. The largest absolute Gasteiger partial charge is 0.334 e. The fourth-order valence-electron chi connectivity index (χ4n) is 2.76. The van der Waals surface area contributed by atoms with Gasteiger partial charge in [0, 0.05) is 17.6 Å². The van der Waals surface area contributed by atoms with Crippen LogP contribution in [0, 0.1) is 0 Å². The van der Waals surface area contributed by atoms with Gasteiger partial charge in [0.2, 0.25) is 0 Å². The van der Waals surface area contributed by atoms with Gasteiger partial charge in [-0.15, -0.1) is 0 Å². The first kappa shape index (κ1) is 13.4. The van der Waals surface area contributed by atoms with Crippen LogP contribution in [0.2, 0.25) is 0 Å². The fraction of sp³-hybridized carbons (Fsp3) is 0.467. The van der Waals surface area contributed by atoms with Crippen LogP contribution in [0.15, 0.2) is 23.0 Å². The van der Waals surface area contributed by atoms with Crippen LogP contribution >= 0.6 is 0 Å². The molecule has 3 heterocycles. The third kappa shape index (κ3) is 1.93. The standard InChI is InChI=1S/C15H18N6O/c1-9(2)21-12-10(8-18-21)6-11(7-17-12)13-19-14(20-22-13)15(16)4-3-5-15/h6-9H,3-5,16H2,1-2H3. The zero-order valence-electron chi connectivity index (χ0n) is 12.7. The molecule has 0 unspecified atom stereocenters. The molecule has 3 aromatic heterocycles. The Morgan fingerprint density at radius 2 is 2.14 bits per heavy atom. The summed E-state index contributed by atoms with van der Waals surface area (Å²) in [4.78, 5) is 8.94. The summed E-state index contributed by atoms with van der Waals surface area (Å²) < 4.78 is 7.26. The van der Waals surface area contributed by atoms with Crippen LogP contribution in [0.25, 0.3) is 22.5 Å². The lowest BCUT2D eigenvalue weighted by atomic mass is 9.77. The van der Waals surface area contributed by atoms with E-state index in [2.05, 4.69) is 34.1 Å². The van der Waals surface area contributed by atoms with Gasteiger partial charge in [-0.2, -0.15) is 10.1 Å².